The average molecular weight is 258 g/mol. The molecule has 8 heteroatoms. The molecule has 0 radical (unpaired) electrons. The van der Waals surface area contributed by atoms with Gasteiger partial charge in [0.25, 0.3) is 5.91 Å². The standard InChI is InChI=1S/C9H14N4O3S/c1-12(2)3-4-13(6-8(14)15)9(16)7-5-10-17-11-7/h5H,3-4,6H2,1-2H3,(H,14,15). The minimum Gasteiger partial charge on any atom is -0.480 e. The van der Waals surface area contributed by atoms with E-state index in [9.17, 15) is 9.59 Å². The third-order valence-electron chi connectivity index (χ3n) is 2.01. The molecule has 1 amide bonds. The second kappa shape index (κ2) is 6.26. The van der Waals surface area contributed by atoms with Crippen molar-refractivity contribution in [2.24, 2.45) is 0 Å². The SMILES string of the molecule is CN(C)CCN(CC(=O)O)C(=O)c1cnsn1. The number of nitrogens with zero attached hydrogens (tertiary/aromatic N) is 4. The number of carboxylic acid groups (broad SMARTS) is 1. The largest absolute Gasteiger partial charge is 0.480 e. The number of rotatable bonds is 6. The van der Waals surface area contributed by atoms with Crippen LogP contribution in [0.5, 0.6) is 0 Å². The van der Waals surface area contributed by atoms with E-state index in [1.165, 1.54) is 11.1 Å². The van der Waals surface area contributed by atoms with Gasteiger partial charge in [-0.3, -0.25) is 9.59 Å². The molecule has 0 aromatic carbocycles. The summed E-state index contributed by atoms with van der Waals surface area (Å²) in [6.07, 6.45) is 1.34. The quantitative estimate of drug-likeness (QED) is 0.749. The van der Waals surface area contributed by atoms with Crippen molar-refractivity contribution in [3.05, 3.63) is 11.9 Å². The highest BCUT2D eigenvalue weighted by atomic mass is 32.1. The Labute approximate surface area is 103 Å². The summed E-state index contributed by atoms with van der Waals surface area (Å²) in [6, 6.07) is 0. The van der Waals surface area contributed by atoms with Crippen molar-refractivity contribution in [1.29, 1.82) is 0 Å². The van der Waals surface area contributed by atoms with Gasteiger partial charge in [0.2, 0.25) is 0 Å². The van der Waals surface area contributed by atoms with Gasteiger partial charge >= 0.3 is 5.97 Å². The molecule has 0 saturated carbocycles. The summed E-state index contributed by atoms with van der Waals surface area (Å²) < 4.78 is 7.53. The maximum atomic E-state index is 11.9. The van der Waals surface area contributed by atoms with Crippen LogP contribution in [0.2, 0.25) is 0 Å². The summed E-state index contributed by atoms with van der Waals surface area (Å²) in [4.78, 5) is 25.7. The Balaban J connectivity index is 2.68. The van der Waals surface area contributed by atoms with Crippen molar-refractivity contribution >= 4 is 23.6 Å². The highest BCUT2D eigenvalue weighted by Gasteiger charge is 2.20. The second-order valence-electron chi connectivity index (χ2n) is 3.72. The molecule has 1 aromatic rings. The summed E-state index contributed by atoms with van der Waals surface area (Å²) in [7, 11) is 3.71. The van der Waals surface area contributed by atoms with E-state index in [4.69, 9.17) is 5.11 Å². The molecule has 1 heterocycles. The van der Waals surface area contributed by atoms with Crippen LogP contribution in [0.1, 0.15) is 10.5 Å². The Morgan fingerprint density at radius 1 is 1.41 bits per heavy atom. The van der Waals surface area contributed by atoms with Crippen molar-refractivity contribution in [3.63, 3.8) is 0 Å². The number of hydrogen-bond donors (Lipinski definition) is 1. The van der Waals surface area contributed by atoms with Gasteiger partial charge in [0.05, 0.1) is 17.9 Å². The van der Waals surface area contributed by atoms with Crippen molar-refractivity contribution < 1.29 is 14.7 Å². The van der Waals surface area contributed by atoms with Crippen LogP contribution in [-0.2, 0) is 4.79 Å². The first-order valence-electron chi connectivity index (χ1n) is 4.94. The molecule has 0 atom stereocenters. The Morgan fingerprint density at radius 2 is 2.12 bits per heavy atom. The normalized spacial score (nSPS) is 10.5. The van der Waals surface area contributed by atoms with Gasteiger partial charge in [-0.25, -0.2) is 0 Å². The van der Waals surface area contributed by atoms with Crippen molar-refractivity contribution in [2.75, 3.05) is 33.7 Å². The monoisotopic (exact) mass is 258 g/mol. The lowest BCUT2D eigenvalue weighted by atomic mass is 10.3. The predicted molar refractivity (Wildman–Crippen MR) is 62.0 cm³/mol. The molecule has 0 fully saturated rings. The number of aromatic nitrogens is 2. The zero-order valence-corrected chi connectivity index (χ0v) is 10.5. The van der Waals surface area contributed by atoms with Crippen LogP contribution in [0.4, 0.5) is 0 Å². The van der Waals surface area contributed by atoms with Crippen LogP contribution in [-0.4, -0.2) is 69.3 Å². The molecule has 1 aromatic heterocycles. The first-order valence-corrected chi connectivity index (χ1v) is 5.67. The van der Waals surface area contributed by atoms with Gasteiger partial charge in [-0.05, 0) is 14.1 Å². The van der Waals surface area contributed by atoms with E-state index in [1.54, 1.807) is 0 Å². The van der Waals surface area contributed by atoms with E-state index < -0.39 is 11.9 Å². The number of hydrogen-bond acceptors (Lipinski definition) is 6. The van der Waals surface area contributed by atoms with Gasteiger partial charge in [0, 0.05) is 13.1 Å². The minimum absolute atomic E-state index is 0.190. The van der Waals surface area contributed by atoms with Crippen LogP contribution < -0.4 is 0 Å². The number of carboxylic acids is 1. The number of likely N-dealkylation sites (N-methyl/N-ethyl adjacent to an activating group) is 1. The maximum absolute atomic E-state index is 11.9. The lowest BCUT2D eigenvalue weighted by Gasteiger charge is -2.21. The lowest BCUT2D eigenvalue weighted by molar-refractivity contribution is -0.137. The van der Waals surface area contributed by atoms with Gasteiger partial charge in [0.1, 0.15) is 6.54 Å². The molecule has 0 aliphatic heterocycles. The number of carbonyl (C=O) groups excluding carboxylic acids is 1. The first kappa shape index (κ1) is 13.5. The zero-order valence-electron chi connectivity index (χ0n) is 9.66. The molecule has 0 aliphatic rings. The maximum Gasteiger partial charge on any atom is 0.323 e. The van der Waals surface area contributed by atoms with Gasteiger partial charge in [-0.15, -0.1) is 0 Å². The van der Waals surface area contributed by atoms with Crippen LogP contribution in [0, 0.1) is 0 Å². The van der Waals surface area contributed by atoms with E-state index in [2.05, 4.69) is 8.75 Å². The van der Waals surface area contributed by atoms with Gasteiger partial charge in [0.15, 0.2) is 5.69 Å². The summed E-state index contributed by atoms with van der Waals surface area (Å²) in [5.41, 5.74) is 0.190. The fourth-order valence-electron chi connectivity index (χ4n) is 1.16. The molecule has 1 rings (SSSR count). The van der Waals surface area contributed by atoms with Gasteiger partial charge < -0.3 is 14.9 Å². The average Bonchev–Trinajstić information content (AvgIpc) is 2.75. The van der Waals surface area contributed by atoms with E-state index >= 15 is 0 Å². The van der Waals surface area contributed by atoms with E-state index in [0.717, 1.165) is 11.7 Å². The van der Waals surface area contributed by atoms with E-state index in [0.29, 0.717) is 13.1 Å². The minimum atomic E-state index is -1.04. The van der Waals surface area contributed by atoms with Crippen molar-refractivity contribution in [3.8, 4) is 0 Å². The number of amides is 1. The first-order chi connectivity index (χ1) is 8.00. The van der Waals surface area contributed by atoms with Crippen LogP contribution in [0.25, 0.3) is 0 Å². The summed E-state index contributed by atoms with van der Waals surface area (Å²) in [5.74, 6) is -1.44. The highest BCUT2D eigenvalue weighted by Crippen LogP contribution is 2.02. The molecule has 0 spiro atoms. The van der Waals surface area contributed by atoms with Crippen LogP contribution in [0.15, 0.2) is 6.20 Å². The topological polar surface area (TPSA) is 86.6 Å². The molecular formula is C9H14N4O3S. The fourth-order valence-corrected chi connectivity index (χ4v) is 1.56. The Hall–Kier alpha value is -1.54. The van der Waals surface area contributed by atoms with E-state index in [-0.39, 0.29) is 12.2 Å². The second-order valence-corrected chi connectivity index (χ2v) is 4.27. The molecule has 1 N–H and O–H groups in total. The zero-order chi connectivity index (χ0) is 12.8. The molecule has 17 heavy (non-hydrogen) atoms. The van der Waals surface area contributed by atoms with Crippen LogP contribution in [0.3, 0.4) is 0 Å². The molecule has 0 saturated heterocycles. The molecule has 0 aliphatic carbocycles. The van der Waals surface area contributed by atoms with Crippen molar-refractivity contribution in [1.82, 2.24) is 18.5 Å². The Kier molecular flexibility index (Phi) is 4.98. The molecule has 0 bridgehead atoms. The molecular weight excluding hydrogens is 244 g/mol. The molecule has 0 unspecified atom stereocenters. The van der Waals surface area contributed by atoms with Crippen molar-refractivity contribution in [2.45, 2.75) is 0 Å². The van der Waals surface area contributed by atoms with Crippen LogP contribution >= 0.6 is 11.7 Å². The number of carbonyl (C=O) groups is 2. The third kappa shape index (κ3) is 4.45. The van der Waals surface area contributed by atoms with E-state index in [1.807, 2.05) is 19.0 Å². The highest BCUT2D eigenvalue weighted by molar-refractivity contribution is 6.99. The lowest BCUT2D eigenvalue weighted by Crippen LogP contribution is -2.40. The Bertz CT molecular complexity index is 380. The van der Waals surface area contributed by atoms with Gasteiger partial charge in [-0.1, -0.05) is 0 Å². The summed E-state index contributed by atoms with van der Waals surface area (Å²) >= 11 is 0.923. The summed E-state index contributed by atoms with van der Waals surface area (Å²) in [6.45, 7) is 0.608. The Morgan fingerprint density at radius 3 is 2.59 bits per heavy atom. The molecule has 7 nitrogen and oxygen atoms in total. The predicted octanol–water partition coefficient (Wildman–Crippen LogP) is -0.373. The fraction of sp³-hybridized carbons (Fsp3) is 0.556. The summed E-state index contributed by atoms with van der Waals surface area (Å²) in [5, 5.41) is 8.75. The smallest absolute Gasteiger partial charge is 0.323 e. The third-order valence-corrected chi connectivity index (χ3v) is 2.49. The number of aliphatic carboxylic acids is 1. The van der Waals surface area contributed by atoms with Gasteiger partial charge in [-0.2, -0.15) is 8.75 Å². The molecule has 94 valence electrons.